The Morgan fingerprint density at radius 2 is 1.75 bits per heavy atom. The van der Waals surface area contributed by atoms with E-state index in [0.29, 0.717) is 5.75 Å². The molecule has 2 heteroatoms. The van der Waals surface area contributed by atoms with Gasteiger partial charge in [0.15, 0.2) is 0 Å². The molecule has 0 saturated carbocycles. The molecule has 0 fully saturated rings. The van der Waals surface area contributed by atoms with E-state index in [-0.39, 0.29) is 0 Å². The maximum atomic E-state index is 9.61. The second kappa shape index (κ2) is 2.94. The molecule has 0 aromatic heterocycles. The minimum atomic E-state index is -1.36. The van der Waals surface area contributed by atoms with Gasteiger partial charge >= 0.3 is 0 Å². The predicted octanol–water partition coefficient (Wildman–Crippen LogP) is 2.25. The Hall–Kier alpha value is -0.763. The van der Waals surface area contributed by atoms with Crippen LogP contribution in [0.4, 0.5) is 0 Å². The Kier molecular flexibility index (Phi) is 2.28. The highest BCUT2D eigenvalue weighted by atomic mass is 28.3. The second-order valence-electron chi connectivity index (χ2n) is 4.27. The summed E-state index contributed by atoms with van der Waals surface area (Å²) in [4.78, 5) is 0. The van der Waals surface area contributed by atoms with E-state index < -0.39 is 8.07 Å². The molecular weight excluding hydrogens is 164 g/mol. The Balaban J connectivity index is 3.23. The molecule has 0 saturated heterocycles. The number of aromatic hydroxyl groups is 1. The molecule has 1 nitrogen and oxygen atoms in total. The Labute approximate surface area is 75.1 Å². The molecule has 1 N–H and O–H groups in total. The van der Waals surface area contributed by atoms with Crippen LogP contribution in [0.25, 0.3) is 0 Å². The zero-order valence-electron chi connectivity index (χ0n) is 8.18. The molecule has 0 aliphatic rings. The number of rotatable bonds is 1. The first kappa shape index (κ1) is 9.33. The van der Waals surface area contributed by atoms with E-state index in [1.807, 2.05) is 6.07 Å². The molecule has 0 spiro atoms. The molecule has 0 heterocycles. The summed E-state index contributed by atoms with van der Waals surface area (Å²) in [6.07, 6.45) is 0. The van der Waals surface area contributed by atoms with Gasteiger partial charge in [0.1, 0.15) is 5.75 Å². The Morgan fingerprint density at radius 1 is 1.17 bits per heavy atom. The fourth-order valence-electron chi connectivity index (χ4n) is 1.25. The molecule has 0 aliphatic carbocycles. The quantitative estimate of drug-likeness (QED) is 0.657. The first-order chi connectivity index (χ1) is 5.41. The number of phenolic OH excluding ortho intramolecular Hbond substituents is 1. The van der Waals surface area contributed by atoms with Gasteiger partial charge in [-0.2, -0.15) is 0 Å². The SMILES string of the molecule is Cc1ccc(O)c([Si](C)(C)C)c1. The van der Waals surface area contributed by atoms with E-state index in [9.17, 15) is 5.11 Å². The number of benzene rings is 1. The number of hydrogen-bond donors (Lipinski definition) is 1. The molecule has 0 atom stereocenters. The van der Waals surface area contributed by atoms with Crippen LogP contribution in [0.15, 0.2) is 18.2 Å². The summed E-state index contributed by atoms with van der Waals surface area (Å²) in [5.74, 6) is 0.458. The lowest BCUT2D eigenvalue weighted by Crippen LogP contribution is -2.37. The molecule has 0 unspecified atom stereocenters. The van der Waals surface area contributed by atoms with Gasteiger partial charge in [-0.25, -0.2) is 0 Å². The van der Waals surface area contributed by atoms with Crippen LogP contribution >= 0.6 is 0 Å². The summed E-state index contributed by atoms with van der Waals surface area (Å²) in [6, 6.07) is 5.84. The summed E-state index contributed by atoms with van der Waals surface area (Å²) in [6.45, 7) is 8.77. The van der Waals surface area contributed by atoms with Crippen molar-refractivity contribution in [2.24, 2.45) is 0 Å². The summed E-state index contributed by atoms with van der Waals surface area (Å²) in [5.41, 5.74) is 1.23. The van der Waals surface area contributed by atoms with Gasteiger partial charge < -0.3 is 5.11 Å². The van der Waals surface area contributed by atoms with E-state index in [1.54, 1.807) is 6.07 Å². The minimum Gasteiger partial charge on any atom is -0.508 e. The maximum absolute atomic E-state index is 9.61. The van der Waals surface area contributed by atoms with Crippen molar-refractivity contribution in [1.29, 1.82) is 0 Å². The molecule has 0 radical (unpaired) electrons. The minimum absolute atomic E-state index is 0.458. The van der Waals surface area contributed by atoms with Gasteiger partial charge in [-0.05, 0) is 18.2 Å². The largest absolute Gasteiger partial charge is 0.508 e. The predicted molar refractivity (Wildman–Crippen MR) is 55.8 cm³/mol. The van der Waals surface area contributed by atoms with Crippen LogP contribution < -0.4 is 5.19 Å². The average Bonchev–Trinajstić information content (AvgIpc) is 1.92. The van der Waals surface area contributed by atoms with Crippen molar-refractivity contribution in [3.63, 3.8) is 0 Å². The molecule has 0 aliphatic heterocycles. The van der Waals surface area contributed by atoms with Crippen molar-refractivity contribution < 1.29 is 5.11 Å². The molecule has 1 rings (SSSR count). The summed E-state index contributed by atoms with van der Waals surface area (Å²) >= 11 is 0. The average molecular weight is 180 g/mol. The standard InChI is InChI=1S/C10H16OSi/c1-8-5-6-9(11)10(7-8)12(2,3)4/h5-7,11H,1-4H3. The van der Waals surface area contributed by atoms with Crippen molar-refractivity contribution >= 4 is 13.3 Å². The molecule has 12 heavy (non-hydrogen) atoms. The van der Waals surface area contributed by atoms with Gasteiger partial charge in [0.2, 0.25) is 0 Å². The lowest BCUT2D eigenvalue weighted by molar-refractivity contribution is 0.479. The van der Waals surface area contributed by atoms with Gasteiger partial charge in [-0.1, -0.05) is 37.3 Å². The van der Waals surface area contributed by atoms with Crippen molar-refractivity contribution in [1.82, 2.24) is 0 Å². The third kappa shape index (κ3) is 1.88. The van der Waals surface area contributed by atoms with Gasteiger partial charge in [-0.15, -0.1) is 0 Å². The topological polar surface area (TPSA) is 20.2 Å². The molecule has 66 valence electrons. The summed E-state index contributed by atoms with van der Waals surface area (Å²) in [5, 5.41) is 10.8. The van der Waals surface area contributed by atoms with Crippen LogP contribution in [0.5, 0.6) is 5.75 Å². The molecule has 0 bridgehead atoms. The van der Waals surface area contributed by atoms with Gasteiger partial charge in [0.25, 0.3) is 0 Å². The second-order valence-corrected chi connectivity index (χ2v) is 9.31. The van der Waals surface area contributed by atoms with Crippen LogP contribution in [0.2, 0.25) is 19.6 Å². The van der Waals surface area contributed by atoms with Gasteiger partial charge in [0.05, 0.1) is 8.07 Å². The van der Waals surface area contributed by atoms with Crippen molar-refractivity contribution in [3.8, 4) is 5.75 Å². The molecule has 0 amide bonds. The fourth-order valence-corrected chi connectivity index (χ4v) is 2.76. The lowest BCUT2D eigenvalue weighted by Gasteiger charge is -2.18. The van der Waals surface area contributed by atoms with E-state index in [1.165, 1.54) is 5.56 Å². The monoisotopic (exact) mass is 180 g/mol. The Bertz CT molecular complexity index is 286. The van der Waals surface area contributed by atoms with Crippen LogP contribution in [0.1, 0.15) is 5.56 Å². The van der Waals surface area contributed by atoms with Gasteiger partial charge in [0, 0.05) is 0 Å². The highest BCUT2D eigenvalue weighted by molar-refractivity contribution is 6.89. The van der Waals surface area contributed by atoms with E-state index >= 15 is 0 Å². The van der Waals surface area contributed by atoms with Crippen LogP contribution in [-0.2, 0) is 0 Å². The molecular formula is C10H16OSi. The van der Waals surface area contributed by atoms with E-state index in [2.05, 4.69) is 32.6 Å². The number of phenols is 1. The van der Waals surface area contributed by atoms with Crippen molar-refractivity contribution in [3.05, 3.63) is 23.8 Å². The first-order valence-electron chi connectivity index (χ1n) is 4.21. The van der Waals surface area contributed by atoms with Gasteiger partial charge in [-0.3, -0.25) is 0 Å². The third-order valence-corrected chi connectivity index (χ3v) is 3.98. The van der Waals surface area contributed by atoms with E-state index in [0.717, 1.165) is 5.19 Å². The zero-order valence-corrected chi connectivity index (χ0v) is 9.18. The highest BCUT2D eigenvalue weighted by Gasteiger charge is 2.19. The zero-order chi connectivity index (χ0) is 9.35. The maximum Gasteiger partial charge on any atom is 0.114 e. The summed E-state index contributed by atoms with van der Waals surface area (Å²) < 4.78 is 0. The molecule has 1 aromatic carbocycles. The number of aryl methyl sites for hydroxylation is 1. The van der Waals surface area contributed by atoms with Crippen LogP contribution in [0, 0.1) is 6.92 Å². The van der Waals surface area contributed by atoms with E-state index in [4.69, 9.17) is 0 Å². The third-order valence-electron chi connectivity index (χ3n) is 1.96. The highest BCUT2D eigenvalue weighted by Crippen LogP contribution is 2.13. The normalized spacial score (nSPS) is 11.7. The molecule has 1 aromatic rings. The van der Waals surface area contributed by atoms with Crippen molar-refractivity contribution in [2.75, 3.05) is 0 Å². The fraction of sp³-hybridized carbons (Fsp3) is 0.400. The first-order valence-corrected chi connectivity index (χ1v) is 7.71. The smallest absolute Gasteiger partial charge is 0.114 e. The van der Waals surface area contributed by atoms with Crippen LogP contribution in [0.3, 0.4) is 0 Å². The Morgan fingerprint density at radius 3 is 2.17 bits per heavy atom. The summed E-state index contributed by atoms with van der Waals surface area (Å²) in [7, 11) is -1.36. The number of hydrogen-bond acceptors (Lipinski definition) is 1. The van der Waals surface area contributed by atoms with Crippen molar-refractivity contribution in [2.45, 2.75) is 26.6 Å². The van der Waals surface area contributed by atoms with Crippen LogP contribution in [-0.4, -0.2) is 13.2 Å². The lowest BCUT2D eigenvalue weighted by atomic mass is 10.2.